The molecule has 0 saturated carbocycles. The largest absolute Gasteiger partial charge is 0.363 e. The molecule has 9 heteroatoms. The molecule has 0 amide bonds. The number of hydrogen-bond acceptors (Lipinski definition) is 6. The second-order valence-electron chi connectivity index (χ2n) is 5.13. The van der Waals surface area contributed by atoms with Crippen LogP contribution in [0.4, 0.5) is 5.82 Å². The molecule has 116 valence electrons. The molecule has 0 aliphatic carbocycles. The number of aromatic nitrogens is 1. The molecular weight excluding hydrogens is 296 g/mol. The van der Waals surface area contributed by atoms with Crippen LogP contribution in [0.5, 0.6) is 0 Å². The van der Waals surface area contributed by atoms with Crippen LogP contribution in [0.25, 0.3) is 0 Å². The van der Waals surface area contributed by atoms with E-state index >= 15 is 0 Å². The number of nitrogens with zero attached hydrogens (tertiary/aromatic N) is 2. The molecule has 1 fully saturated rings. The Morgan fingerprint density at radius 3 is 2.81 bits per heavy atom. The van der Waals surface area contributed by atoms with Crippen LogP contribution in [-0.4, -0.2) is 37.5 Å². The first-order valence-electron chi connectivity index (χ1n) is 6.73. The Labute approximate surface area is 123 Å². The smallest absolute Gasteiger partial charge is 0.358 e. The summed E-state index contributed by atoms with van der Waals surface area (Å²) in [7, 11) is -3.71. The van der Waals surface area contributed by atoms with Crippen molar-refractivity contribution < 1.29 is 13.3 Å². The second-order valence-corrected chi connectivity index (χ2v) is 6.84. The van der Waals surface area contributed by atoms with E-state index in [4.69, 9.17) is 0 Å². The Balaban J connectivity index is 2.08. The van der Waals surface area contributed by atoms with Crippen molar-refractivity contribution in [2.24, 2.45) is 5.92 Å². The summed E-state index contributed by atoms with van der Waals surface area (Å²) in [5, 5.41) is 13.8. The molecule has 0 radical (unpaired) electrons. The Kier molecular flexibility index (Phi) is 4.86. The van der Waals surface area contributed by atoms with Gasteiger partial charge >= 0.3 is 5.82 Å². The zero-order valence-corrected chi connectivity index (χ0v) is 12.5. The van der Waals surface area contributed by atoms with E-state index in [2.05, 4.69) is 15.0 Å². The summed E-state index contributed by atoms with van der Waals surface area (Å²) in [6.07, 6.45) is 3.00. The Morgan fingerprint density at radius 1 is 1.52 bits per heavy atom. The molecular formula is C12H18N4O4S. The average molecular weight is 314 g/mol. The summed E-state index contributed by atoms with van der Waals surface area (Å²) in [5.41, 5.74) is 0. The molecule has 0 bridgehead atoms. The van der Waals surface area contributed by atoms with Crippen molar-refractivity contribution in [1.82, 2.24) is 15.0 Å². The number of hydrogen-bond donors (Lipinski definition) is 2. The van der Waals surface area contributed by atoms with Crippen LogP contribution >= 0.6 is 0 Å². The molecule has 2 heterocycles. The van der Waals surface area contributed by atoms with Gasteiger partial charge in [-0.05, 0) is 54.7 Å². The highest BCUT2D eigenvalue weighted by molar-refractivity contribution is 7.89. The first-order chi connectivity index (χ1) is 9.90. The fourth-order valence-corrected chi connectivity index (χ4v) is 3.61. The molecule has 2 unspecified atom stereocenters. The molecule has 1 aliphatic heterocycles. The normalized spacial score (nSPS) is 20.9. The standard InChI is InChI=1S/C12H18N4O4S/c1-9(10-3-2-6-13-7-10)15-21(19,20)11-4-5-12(14-8-11)16(17)18/h4-5,8-10,13,15H,2-3,6-7H2,1H3. The van der Waals surface area contributed by atoms with E-state index < -0.39 is 14.9 Å². The summed E-state index contributed by atoms with van der Waals surface area (Å²) < 4.78 is 27.1. The zero-order chi connectivity index (χ0) is 15.5. The molecule has 8 nitrogen and oxygen atoms in total. The van der Waals surface area contributed by atoms with Gasteiger partial charge in [0.05, 0.1) is 0 Å². The van der Waals surface area contributed by atoms with Crippen molar-refractivity contribution in [3.05, 3.63) is 28.4 Å². The fraction of sp³-hybridized carbons (Fsp3) is 0.583. The summed E-state index contributed by atoms with van der Waals surface area (Å²) in [6, 6.07) is 2.07. The van der Waals surface area contributed by atoms with Crippen LogP contribution in [-0.2, 0) is 10.0 Å². The lowest BCUT2D eigenvalue weighted by Crippen LogP contribution is -2.44. The highest BCUT2D eigenvalue weighted by Gasteiger charge is 2.26. The molecule has 2 atom stereocenters. The van der Waals surface area contributed by atoms with E-state index in [0.717, 1.165) is 38.2 Å². The third kappa shape index (κ3) is 3.96. The third-order valence-corrected chi connectivity index (χ3v) is 5.15. The molecule has 1 saturated heterocycles. The summed E-state index contributed by atoms with van der Waals surface area (Å²) in [4.78, 5) is 13.3. The third-order valence-electron chi connectivity index (χ3n) is 3.60. The van der Waals surface area contributed by atoms with Crippen molar-refractivity contribution in [3.63, 3.8) is 0 Å². The van der Waals surface area contributed by atoms with Gasteiger partial charge in [0.25, 0.3) is 0 Å². The molecule has 1 aromatic heterocycles. The lowest BCUT2D eigenvalue weighted by atomic mass is 9.94. The summed E-state index contributed by atoms with van der Waals surface area (Å²) in [6.45, 7) is 3.57. The van der Waals surface area contributed by atoms with Gasteiger partial charge in [0, 0.05) is 12.1 Å². The lowest BCUT2D eigenvalue weighted by Gasteiger charge is -2.28. The second kappa shape index (κ2) is 6.46. The van der Waals surface area contributed by atoms with Crippen molar-refractivity contribution >= 4 is 15.8 Å². The predicted octanol–water partition coefficient (Wildman–Crippen LogP) is 0.656. The molecule has 21 heavy (non-hydrogen) atoms. The van der Waals surface area contributed by atoms with Crippen LogP contribution in [0.3, 0.4) is 0 Å². The number of piperidine rings is 1. The molecule has 1 aliphatic rings. The first kappa shape index (κ1) is 15.8. The van der Waals surface area contributed by atoms with Crippen molar-refractivity contribution in [1.29, 1.82) is 0 Å². The van der Waals surface area contributed by atoms with Gasteiger partial charge in [-0.25, -0.2) is 13.1 Å². The van der Waals surface area contributed by atoms with Crippen molar-refractivity contribution in [2.75, 3.05) is 13.1 Å². The highest BCUT2D eigenvalue weighted by Crippen LogP contribution is 2.17. The Bertz CT molecular complexity index is 596. The number of rotatable bonds is 5. The molecule has 0 aromatic carbocycles. The molecule has 2 rings (SSSR count). The quantitative estimate of drug-likeness (QED) is 0.609. The maximum absolute atomic E-state index is 12.2. The highest BCUT2D eigenvalue weighted by atomic mass is 32.2. The molecule has 1 aromatic rings. The van der Waals surface area contributed by atoms with E-state index in [9.17, 15) is 18.5 Å². The van der Waals surface area contributed by atoms with Gasteiger partial charge in [0.1, 0.15) is 4.90 Å². The van der Waals surface area contributed by atoms with E-state index in [0.29, 0.717) is 0 Å². The van der Waals surface area contributed by atoms with Gasteiger partial charge < -0.3 is 15.4 Å². The minimum absolute atomic E-state index is 0.0660. The SMILES string of the molecule is CC(NS(=O)(=O)c1ccc([N+](=O)[O-])nc1)C1CCCNC1. The van der Waals surface area contributed by atoms with E-state index in [1.54, 1.807) is 0 Å². The summed E-state index contributed by atoms with van der Waals surface area (Å²) in [5.74, 6) is -0.141. The van der Waals surface area contributed by atoms with E-state index in [1.807, 2.05) is 6.92 Å². The number of nitrogens with one attached hydrogen (secondary N) is 2. The van der Waals surface area contributed by atoms with Gasteiger partial charge in [0.2, 0.25) is 10.0 Å². The topological polar surface area (TPSA) is 114 Å². The van der Waals surface area contributed by atoms with Gasteiger partial charge in [-0.3, -0.25) is 0 Å². The monoisotopic (exact) mass is 314 g/mol. The number of pyridine rings is 1. The van der Waals surface area contributed by atoms with Crippen LogP contribution in [0, 0.1) is 16.0 Å². The zero-order valence-electron chi connectivity index (χ0n) is 11.7. The van der Waals surface area contributed by atoms with Crippen LogP contribution in [0.2, 0.25) is 0 Å². The van der Waals surface area contributed by atoms with Crippen LogP contribution < -0.4 is 10.0 Å². The van der Waals surface area contributed by atoms with Gasteiger partial charge in [-0.1, -0.05) is 0 Å². The number of nitro groups is 1. The van der Waals surface area contributed by atoms with E-state index in [1.165, 1.54) is 6.07 Å². The maximum Gasteiger partial charge on any atom is 0.363 e. The Morgan fingerprint density at radius 2 is 2.29 bits per heavy atom. The molecule has 0 spiro atoms. The van der Waals surface area contributed by atoms with Crippen LogP contribution in [0.15, 0.2) is 23.2 Å². The van der Waals surface area contributed by atoms with Gasteiger partial charge in [-0.15, -0.1) is 0 Å². The minimum Gasteiger partial charge on any atom is -0.358 e. The van der Waals surface area contributed by atoms with Crippen molar-refractivity contribution in [3.8, 4) is 0 Å². The number of sulfonamides is 1. The van der Waals surface area contributed by atoms with Gasteiger partial charge in [-0.2, -0.15) is 0 Å². The minimum atomic E-state index is -3.71. The predicted molar refractivity (Wildman–Crippen MR) is 76.3 cm³/mol. The first-order valence-corrected chi connectivity index (χ1v) is 8.22. The maximum atomic E-state index is 12.2. The van der Waals surface area contributed by atoms with Gasteiger partial charge in [0.15, 0.2) is 6.20 Å². The lowest BCUT2D eigenvalue weighted by molar-refractivity contribution is -0.389. The Hall–Kier alpha value is -1.58. The summed E-state index contributed by atoms with van der Waals surface area (Å²) >= 11 is 0. The van der Waals surface area contributed by atoms with Crippen LogP contribution in [0.1, 0.15) is 19.8 Å². The average Bonchev–Trinajstić information content (AvgIpc) is 2.48. The van der Waals surface area contributed by atoms with Crippen molar-refractivity contribution in [2.45, 2.75) is 30.7 Å². The molecule has 2 N–H and O–H groups in total. The fourth-order valence-electron chi connectivity index (χ4n) is 2.35. The van der Waals surface area contributed by atoms with E-state index in [-0.39, 0.29) is 22.7 Å².